The van der Waals surface area contributed by atoms with Crippen molar-refractivity contribution >= 4 is 11.8 Å². The number of allylic oxidation sites excluding steroid dienone is 2. The van der Waals surface area contributed by atoms with Gasteiger partial charge in [-0.15, -0.1) is 0 Å². The average molecular weight is 285 g/mol. The first kappa shape index (κ1) is 12.4. The van der Waals surface area contributed by atoms with Crippen LogP contribution in [0.4, 0.5) is 0 Å². The molecule has 5 aliphatic carbocycles. The van der Waals surface area contributed by atoms with E-state index in [-0.39, 0.29) is 29.7 Å². The van der Waals surface area contributed by atoms with Crippen LogP contribution in [0, 0.1) is 47.3 Å². The molecule has 112 valence electrons. The molecule has 8 unspecified atom stereocenters. The molecule has 1 aliphatic heterocycles. The van der Waals surface area contributed by atoms with Gasteiger partial charge in [-0.25, -0.2) is 0 Å². The Morgan fingerprint density at radius 1 is 0.952 bits per heavy atom. The zero-order valence-corrected chi connectivity index (χ0v) is 12.7. The molecule has 1 heterocycles. The van der Waals surface area contributed by atoms with Gasteiger partial charge in [0.2, 0.25) is 11.8 Å². The highest BCUT2D eigenvalue weighted by atomic mass is 16.2. The van der Waals surface area contributed by atoms with E-state index in [2.05, 4.69) is 12.2 Å². The molecule has 0 radical (unpaired) electrons. The summed E-state index contributed by atoms with van der Waals surface area (Å²) in [4.78, 5) is 27.2. The highest BCUT2D eigenvalue weighted by Crippen LogP contribution is 2.68. The Kier molecular flexibility index (Phi) is 2.25. The fourth-order valence-corrected chi connectivity index (χ4v) is 6.83. The van der Waals surface area contributed by atoms with Crippen molar-refractivity contribution in [2.24, 2.45) is 47.3 Å². The first-order valence-electron chi connectivity index (χ1n) is 8.65. The van der Waals surface area contributed by atoms with E-state index in [4.69, 9.17) is 0 Å². The van der Waals surface area contributed by atoms with Crippen molar-refractivity contribution in [1.82, 2.24) is 4.90 Å². The van der Waals surface area contributed by atoms with Crippen LogP contribution in [0.15, 0.2) is 12.2 Å². The summed E-state index contributed by atoms with van der Waals surface area (Å²) in [6.07, 6.45) is 8.60. The molecule has 6 aliphatic rings. The van der Waals surface area contributed by atoms with Crippen LogP contribution in [-0.4, -0.2) is 22.8 Å². The lowest BCUT2D eigenvalue weighted by atomic mass is 9.54. The van der Waals surface area contributed by atoms with E-state index in [1.807, 2.05) is 13.8 Å². The molecule has 6 rings (SSSR count). The molecular weight excluding hydrogens is 262 g/mol. The lowest BCUT2D eigenvalue weighted by molar-refractivity contribution is -0.142. The van der Waals surface area contributed by atoms with Crippen molar-refractivity contribution in [3.63, 3.8) is 0 Å². The van der Waals surface area contributed by atoms with Crippen LogP contribution in [0.5, 0.6) is 0 Å². The zero-order chi connectivity index (χ0) is 14.5. The molecule has 21 heavy (non-hydrogen) atoms. The molecule has 3 saturated carbocycles. The fourth-order valence-electron chi connectivity index (χ4n) is 6.83. The number of carbonyl (C=O) groups excluding carboxylic acids is 2. The third-order valence-corrected chi connectivity index (χ3v) is 7.28. The third kappa shape index (κ3) is 1.28. The minimum Gasteiger partial charge on any atom is -0.280 e. The summed E-state index contributed by atoms with van der Waals surface area (Å²) in [6.45, 7) is 3.94. The highest BCUT2D eigenvalue weighted by molar-refractivity contribution is 6.06. The molecule has 3 heteroatoms. The standard InChI is InChI=1S/C18H23NO2/c1-8(2)19-17(20)15-11-7-12(16(15)18(19)21)14-10-4-3-9(5-6-10)13(11)14/h3-4,8-16H,5-7H2,1-2H3. The van der Waals surface area contributed by atoms with Gasteiger partial charge in [0.1, 0.15) is 0 Å². The van der Waals surface area contributed by atoms with Crippen LogP contribution < -0.4 is 0 Å². The molecule has 0 spiro atoms. The van der Waals surface area contributed by atoms with Crippen LogP contribution in [0.3, 0.4) is 0 Å². The predicted molar refractivity (Wildman–Crippen MR) is 77.9 cm³/mol. The van der Waals surface area contributed by atoms with Crippen LogP contribution in [0.25, 0.3) is 0 Å². The van der Waals surface area contributed by atoms with E-state index in [1.54, 1.807) is 4.90 Å². The second-order valence-electron chi connectivity index (χ2n) is 8.20. The summed E-state index contributed by atoms with van der Waals surface area (Å²) >= 11 is 0. The Morgan fingerprint density at radius 3 is 1.81 bits per heavy atom. The Morgan fingerprint density at radius 2 is 1.43 bits per heavy atom. The minimum absolute atomic E-state index is 0.0203. The monoisotopic (exact) mass is 285 g/mol. The van der Waals surface area contributed by atoms with Crippen LogP contribution in [0.1, 0.15) is 33.1 Å². The van der Waals surface area contributed by atoms with E-state index < -0.39 is 0 Å². The van der Waals surface area contributed by atoms with Crippen molar-refractivity contribution in [3.05, 3.63) is 12.2 Å². The van der Waals surface area contributed by atoms with Crippen molar-refractivity contribution in [3.8, 4) is 0 Å². The third-order valence-electron chi connectivity index (χ3n) is 7.28. The van der Waals surface area contributed by atoms with Gasteiger partial charge in [0, 0.05) is 6.04 Å². The molecule has 1 saturated heterocycles. The number of carbonyl (C=O) groups is 2. The summed E-state index contributed by atoms with van der Waals surface area (Å²) in [5.41, 5.74) is 0. The van der Waals surface area contributed by atoms with Gasteiger partial charge < -0.3 is 0 Å². The first-order chi connectivity index (χ1) is 10.1. The summed E-state index contributed by atoms with van der Waals surface area (Å²) in [5, 5.41) is 0. The van der Waals surface area contributed by atoms with E-state index in [0.717, 1.165) is 6.42 Å². The maximum atomic E-state index is 12.8. The number of nitrogens with zero attached hydrogens (tertiary/aromatic N) is 1. The van der Waals surface area contributed by atoms with Gasteiger partial charge in [0.05, 0.1) is 11.8 Å². The van der Waals surface area contributed by atoms with Crippen molar-refractivity contribution in [1.29, 1.82) is 0 Å². The number of amides is 2. The molecule has 0 aromatic heterocycles. The maximum absolute atomic E-state index is 12.8. The smallest absolute Gasteiger partial charge is 0.233 e. The van der Waals surface area contributed by atoms with Crippen LogP contribution in [-0.2, 0) is 9.59 Å². The number of fused-ring (bicyclic) bond motifs is 6. The molecule has 0 aromatic carbocycles. The Bertz CT molecular complexity index is 522. The first-order valence-corrected chi connectivity index (χ1v) is 8.65. The fraction of sp³-hybridized carbons (Fsp3) is 0.778. The SMILES string of the molecule is CC(C)N1C(=O)C2C3CC(C2C1=O)C1C2C=CC(CC2)C31. The van der Waals surface area contributed by atoms with Crippen molar-refractivity contribution in [2.45, 2.75) is 39.2 Å². The largest absolute Gasteiger partial charge is 0.280 e. The van der Waals surface area contributed by atoms with Gasteiger partial charge in [-0.3, -0.25) is 14.5 Å². The molecule has 4 fully saturated rings. The molecule has 3 nitrogen and oxygen atoms in total. The molecular formula is C18H23NO2. The molecule has 4 bridgehead atoms. The Balaban J connectivity index is 1.57. The number of rotatable bonds is 1. The second-order valence-corrected chi connectivity index (χ2v) is 8.20. The van der Waals surface area contributed by atoms with Gasteiger partial charge in [0.25, 0.3) is 0 Å². The zero-order valence-electron chi connectivity index (χ0n) is 12.7. The summed E-state index contributed by atoms with van der Waals surface area (Å²) < 4.78 is 0. The summed E-state index contributed by atoms with van der Waals surface area (Å²) in [7, 11) is 0. The summed E-state index contributed by atoms with van der Waals surface area (Å²) in [5.74, 6) is 4.10. The van der Waals surface area contributed by atoms with Crippen LogP contribution in [0.2, 0.25) is 0 Å². The molecule has 0 aromatic rings. The van der Waals surface area contributed by atoms with E-state index >= 15 is 0 Å². The van der Waals surface area contributed by atoms with Gasteiger partial charge in [-0.1, -0.05) is 12.2 Å². The van der Waals surface area contributed by atoms with Gasteiger partial charge >= 0.3 is 0 Å². The average Bonchev–Trinajstić information content (AvgIpc) is 3.11. The van der Waals surface area contributed by atoms with Crippen molar-refractivity contribution < 1.29 is 9.59 Å². The lowest BCUT2D eigenvalue weighted by Gasteiger charge is -2.49. The number of hydrogen-bond acceptors (Lipinski definition) is 2. The quantitative estimate of drug-likeness (QED) is 0.548. The molecule has 2 amide bonds. The van der Waals surface area contributed by atoms with Crippen LogP contribution >= 0.6 is 0 Å². The van der Waals surface area contributed by atoms with Gasteiger partial charge in [-0.05, 0) is 68.6 Å². The Labute approximate surface area is 125 Å². The van der Waals surface area contributed by atoms with E-state index in [0.29, 0.717) is 35.5 Å². The predicted octanol–water partition coefficient (Wildman–Crippen LogP) is 2.47. The highest BCUT2D eigenvalue weighted by Gasteiger charge is 2.69. The van der Waals surface area contributed by atoms with Gasteiger partial charge in [-0.2, -0.15) is 0 Å². The number of hydrogen-bond donors (Lipinski definition) is 0. The molecule has 8 atom stereocenters. The van der Waals surface area contributed by atoms with Crippen molar-refractivity contribution in [2.75, 3.05) is 0 Å². The minimum atomic E-state index is 0.0203. The second kappa shape index (κ2) is 3.80. The summed E-state index contributed by atoms with van der Waals surface area (Å²) in [6, 6.07) is 0.0203. The number of likely N-dealkylation sites (tertiary alicyclic amines) is 1. The van der Waals surface area contributed by atoms with Gasteiger partial charge in [0.15, 0.2) is 0 Å². The number of imide groups is 1. The van der Waals surface area contributed by atoms with E-state index in [1.165, 1.54) is 12.8 Å². The topological polar surface area (TPSA) is 37.4 Å². The maximum Gasteiger partial charge on any atom is 0.233 e. The normalized spacial score (nSPS) is 53.0. The molecule has 0 N–H and O–H groups in total. The lowest BCUT2D eigenvalue weighted by Crippen LogP contribution is -2.46. The Hall–Kier alpha value is -1.12. The van der Waals surface area contributed by atoms with E-state index in [9.17, 15) is 9.59 Å².